The molecule has 35 heavy (non-hydrogen) atoms. The van der Waals surface area contributed by atoms with Gasteiger partial charge in [-0.05, 0) is 86.8 Å². The number of fused-ring (bicyclic) bond motifs is 4. The highest BCUT2D eigenvalue weighted by Gasteiger charge is 2.51. The molecule has 6 rings (SSSR count). The molecule has 2 aliphatic heterocycles. The number of carbonyl (C=O) groups is 2. The molecule has 1 aliphatic carbocycles. The molecule has 0 radical (unpaired) electrons. The van der Waals surface area contributed by atoms with Crippen LogP contribution >= 0.6 is 11.6 Å². The lowest BCUT2D eigenvalue weighted by Crippen LogP contribution is -2.39. The van der Waals surface area contributed by atoms with Crippen molar-refractivity contribution in [3.05, 3.63) is 69.9 Å². The zero-order chi connectivity index (χ0) is 24.1. The summed E-state index contributed by atoms with van der Waals surface area (Å²) in [7, 11) is 0. The van der Waals surface area contributed by atoms with Crippen LogP contribution in [0.1, 0.15) is 66.2 Å². The van der Waals surface area contributed by atoms with Gasteiger partial charge in [-0.2, -0.15) is 0 Å². The SMILES string of the molecule is CCc1cccc(NC(=O)[C@H]2C[C@@H]3CC[C@@H]2N3C(=O)c2ccc3c(Cl)c4c(nc3c2)CCCC4)c1. The van der Waals surface area contributed by atoms with E-state index in [2.05, 4.69) is 18.3 Å². The van der Waals surface area contributed by atoms with Crippen molar-refractivity contribution in [3.8, 4) is 0 Å². The maximum Gasteiger partial charge on any atom is 0.254 e. The first kappa shape index (κ1) is 22.5. The topological polar surface area (TPSA) is 62.3 Å². The summed E-state index contributed by atoms with van der Waals surface area (Å²) in [6.45, 7) is 2.10. The standard InChI is InChI=1S/C29H30ClN3O2/c1-2-17-6-5-7-19(14-17)31-28(34)23-16-20-11-13-26(23)33(20)29(35)18-10-12-22-25(15-18)32-24-9-4-3-8-21(24)27(22)30/h5-7,10,12,14-15,20,23,26H,2-4,8-9,11,13,16H2,1H3,(H,31,34)/t20-,23-,26-/m0/s1. The fourth-order valence-corrected chi connectivity index (χ4v) is 6.70. The fourth-order valence-electron chi connectivity index (χ4n) is 6.34. The number of halogens is 1. The molecule has 5 nitrogen and oxygen atoms in total. The molecule has 180 valence electrons. The minimum absolute atomic E-state index is 0.00155. The Labute approximate surface area is 210 Å². The van der Waals surface area contributed by atoms with E-state index in [0.29, 0.717) is 5.56 Å². The second-order valence-electron chi connectivity index (χ2n) is 10.2. The van der Waals surface area contributed by atoms with Crippen molar-refractivity contribution >= 4 is 40.0 Å². The van der Waals surface area contributed by atoms with E-state index < -0.39 is 0 Å². The number of amides is 2. The maximum atomic E-state index is 13.7. The van der Waals surface area contributed by atoms with Gasteiger partial charge < -0.3 is 10.2 Å². The lowest BCUT2D eigenvalue weighted by atomic mass is 9.88. The van der Waals surface area contributed by atoms with Crippen LogP contribution < -0.4 is 5.32 Å². The lowest BCUT2D eigenvalue weighted by Gasteiger charge is -2.24. The monoisotopic (exact) mass is 487 g/mol. The van der Waals surface area contributed by atoms with Crippen LogP contribution in [0.3, 0.4) is 0 Å². The van der Waals surface area contributed by atoms with Crippen LogP contribution in [0.5, 0.6) is 0 Å². The van der Waals surface area contributed by atoms with Gasteiger partial charge in [0.05, 0.1) is 16.5 Å². The number of aryl methyl sites for hydroxylation is 2. The summed E-state index contributed by atoms with van der Waals surface area (Å²) in [5.74, 6) is -0.164. The molecule has 3 aliphatic rings. The molecule has 2 bridgehead atoms. The van der Waals surface area contributed by atoms with Crippen LogP contribution in [0, 0.1) is 5.92 Å². The molecule has 3 heterocycles. The fraction of sp³-hybridized carbons (Fsp3) is 0.414. The predicted molar refractivity (Wildman–Crippen MR) is 139 cm³/mol. The largest absolute Gasteiger partial charge is 0.332 e. The van der Waals surface area contributed by atoms with Crippen LogP contribution in [-0.4, -0.2) is 33.8 Å². The average Bonchev–Trinajstić information content (AvgIpc) is 3.47. The van der Waals surface area contributed by atoms with Crippen molar-refractivity contribution in [3.63, 3.8) is 0 Å². The van der Waals surface area contributed by atoms with Gasteiger partial charge in [0.25, 0.3) is 5.91 Å². The molecule has 6 heteroatoms. The zero-order valence-corrected chi connectivity index (χ0v) is 20.8. The number of pyridine rings is 1. The zero-order valence-electron chi connectivity index (χ0n) is 20.0. The summed E-state index contributed by atoms with van der Waals surface area (Å²) in [6.07, 6.45) is 7.66. The molecule has 0 spiro atoms. The molecule has 2 aromatic carbocycles. The van der Waals surface area contributed by atoms with E-state index in [-0.39, 0.29) is 29.8 Å². The third-order valence-electron chi connectivity index (χ3n) is 8.15. The quantitative estimate of drug-likeness (QED) is 0.493. The molecule has 2 fully saturated rings. The number of hydrogen-bond acceptors (Lipinski definition) is 3. The normalized spacial score (nSPS) is 22.9. The number of anilines is 1. The van der Waals surface area contributed by atoms with E-state index in [1.165, 1.54) is 11.1 Å². The number of aromatic nitrogens is 1. The predicted octanol–water partition coefficient (Wildman–Crippen LogP) is 5.96. The van der Waals surface area contributed by atoms with Crippen LogP contribution in [0.15, 0.2) is 42.5 Å². The number of carbonyl (C=O) groups excluding carboxylic acids is 2. The highest BCUT2D eigenvalue weighted by atomic mass is 35.5. The number of benzene rings is 2. The molecule has 1 N–H and O–H groups in total. The Kier molecular flexibility index (Phi) is 5.76. The highest BCUT2D eigenvalue weighted by molar-refractivity contribution is 6.36. The summed E-state index contributed by atoms with van der Waals surface area (Å²) in [5.41, 5.74) is 5.68. The first-order valence-corrected chi connectivity index (χ1v) is 13.2. The molecular weight excluding hydrogens is 458 g/mol. The molecule has 3 atom stereocenters. The lowest BCUT2D eigenvalue weighted by molar-refractivity contribution is -0.120. The van der Waals surface area contributed by atoms with E-state index in [9.17, 15) is 9.59 Å². The van der Waals surface area contributed by atoms with Crippen LogP contribution in [0.4, 0.5) is 5.69 Å². The van der Waals surface area contributed by atoms with Crippen molar-refractivity contribution in [1.29, 1.82) is 0 Å². The van der Waals surface area contributed by atoms with Crippen molar-refractivity contribution in [2.24, 2.45) is 5.92 Å². The third-order valence-corrected chi connectivity index (χ3v) is 8.58. The molecule has 0 unspecified atom stereocenters. The van der Waals surface area contributed by atoms with Gasteiger partial charge >= 0.3 is 0 Å². The van der Waals surface area contributed by atoms with E-state index >= 15 is 0 Å². The number of hydrogen-bond donors (Lipinski definition) is 1. The van der Waals surface area contributed by atoms with E-state index in [4.69, 9.17) is 16.6 Å². The number of rotatable bonds is 4. The third kappa shape index (κ3) is 3.90. The highest BCUT2D eigenvalue weighted by Crippen LogP contribution is 2.43. The minimum atomic E-state index is -0.178. The van der Waals surface area contributed by atoms with Gasteiger partial charge in [-0.15, -0.1) is 0 Å². The Balaban J connectivity index is 1.24. The molecule has 1 aromatic heterocycles. The first-order chi connectivity index (χ1) is 17.0. The molecule has 3 aromatic rings. The summed E-state index contributed by atoms with van der Waals surface area (Å²) < 4.78 is 0. The average molecular weight is 488 g/mol. The first-order valence-electron chi connectivity index (χ1n) is 12.9. The molecular formula is C29H30ClN3O2. The second-order valence-corrected chi connectivity index (χ2v) is 10.6. The van der Waals surface area contributed by atoms with Crippen molar-refractivity contribution in [2.45, 2.75) is 70.4 Å². The smallest absolute Gasteiger partial charge is 0.254 e. The van der Waals surface area contributed by atoms with Gasteiger partial charge in [-0.25, -0.2) is 0 Å². The van der Waals surface area contributed by atoms with Crippen molar-refractivity contribution < 1.29 is 9.59 Å². The van der Waals surface area contributed by atoms with Gasteiger partial charge in [0.2, 0.25) is 5.91 Å². The maximum absolute atomic E-state index is 13.7. The van der Waals surface area contributed by atoms with Crippen LogP contribution in [0.2, 0.25) is 5.02 Å². The van der Waals surface area contributed by atoms with Gasteiger partial charge in [0.15, 0.2) is 0 Å². The Hall–Kier alpha value is -2.92. The van der Waals surface area contributed by atoms with Gasteiger partial charge in [0.1, 0.15) is 0 Å². The Morgan fingerprint density at radius 1 is 1.11 bits per heavy atom. The number of nitrogens with zero attached hydrogens (tertiary/aromatic N) is 2. The van der Waals surface area contributed by atoms with E-state index in [1.54, 1.807) is 0 Å². The Morgan fingerprint density at radius 2 is 1.97 bits per heavy atom. The molecule has 2 amide bonds. The Bertz CT molecular complexity index is 1340. The second kappa shape index (κ2) is 8.94. The van der Waals surface area contributed by atoms with Gasteiger partial charge in [0, 0.05) is 34.4 Å². The minimum Gasteiger partial charge on any atom is -0.332 e. The number of nitrogens with one attached hydrogen (secondary N) is 1. The summed E-state index contributed by atoms with van der Waals surface area (Å²) >= 11 is 6.73. The van der Waals surface area contributed by atoms with Gasteiger partial charge in [-0.1, -0.05) is 36.7 Å². The summed E-state index contributed by atoms with van der Waals surface area (Å²) in [4.78, 5) is 33.7. The van der Waals surface area contributed by atoms with Crippen LogP contribution in [0.25, 0.3) is 10.9 Å². The van der Waals surface area contributed by atoms with Gasteiger partial charge in [-0.3, -0.25) is 14.6 Å². The van der Waals surface area contributed by atoms with E-state index in [0.717, 1.165) is 78.7 Å². The summed E-state index contributed by atoms with van der Waals surface area (Å²) in [6, 6.07) is 13.8. The van der Waals surface area contributed by atoms with Crippen LogP contribution in [-0.2, 0) is 24.1 Å². The molecule has 0 saturated carbocycles. The van der Waals surface area contributed by atoms with E-state index in [1.807, 2.05) is 41.3 Å². The van der Waals surface area contributed by atoms with Crippen molar-refractivity contribution in [1.82, 2.24) is 9.88 Å². The summed E-state index contributed by atoms with van der Waals surface area (Å²) in [5, 5.41) is 4.80. The molecule has 2 saturated heterocycles. The van der Waals surface area contributed by atoms with Crippen molar-refractivity contribution in [2.75, 3.05) is 5.32 Å². The Morgan fingerprint density at radius 3 is 2.83 bits per heavy atom.